The van der Waals surface area contributed by atoms with E-state index in [2.05, 4.69) is 0 Å². The van der Waals surface area contributed by atoms with Crippen molar-refractivity contribution in [1.82, 2.24) is 0 Å². The van der Waals surface area contributed by atoms with E-state index < -0.39 is 0 Å². The molecule has 0 N–H and O–H groups in total. The van der Waals surface area contributed by atoms with Crippen LogP contribution in [0.4, 0.5) is 0 Å². The van der Waals surface area contributed by atoms with Crippen LogP contribution in [0.25, 0.3) is 0 Å². The Labute approximate surface area is 121 Å². The summed E-state index contributed by atoms with van der Waals surface area (Å²) in [5.74, 6) is 0.0982. The average Bonchev–Trinajstić information content (AvgIpc) is 3.01. The minimum absolute atomic E-state index is 0.00784. The monoisotopic (exact) mass is 283 g/mol. The van der Waals surface area contributed by atoms with Gasteiger partial charge in [0.1, 0.15) is 0 Å². The van der Waals surface area contributed by atoms with Gasteiger partial charge in [0.15, 0.2) is 11.6 Å². The van der Waals surface area contributed by atoms with Gasteiger partial charge in [0.25, 0.3) is 0 Å². The van der Waals surface area contributed by atoms with E-state index in [-0.39, 0.29) is 11.6 Å². The van der Waals surface area contributed by atoms with Crippen molar-refractivity contribution in [2.75, 3.05) is 0 Å². The highest BCUT2D eigenvalue weighted by Gasteiger charge is 2.10. The molecule has 0 aliphatic rings. The fourth-order valence-corrected chi connectivity index (χ4v) is 2.54. The van der Waals surface area contributed by atoms with Crippen molar-refractivity contribution in [3.63, 3.8) is 0 Å². The molecule has 0 unspecified atom stereocenters. The molecule has 100 valence electrons. The second-order valence-electron chi connectivity index (χ2n) is 4.37. The summed E-state index contributed by atoms with van der Waals surface area (Å²) in [6.45, 7) is 0. The molecule has 0 saturated heterocycles. The van der Waals surface area contributed by atoms with E-state index in [4.69, 9.17) is 5.26 Å². The summed E-state index contributed by atoms with van der Waals surface area (Å²) in [5.41, 5.74) is 1.13. The first kappa shape index (κ1) is 14.2. The van der Waals surface area contributed by atoms with Gasteiger partial charge in [-0.1, -0.05) is 18.2 Å². The smallest absolute Gasteiger partial charge is 0.172 e. The van der Waals surface area contributed by atoms with Gasteiger partial charge in [-0.3, -0.25) is 9.59 Å². The first-order valence-electron chi connectivity index (χ1n) is 6.31. The van der Waals surface area contributed by atoms with E-state index in [1.807, 2.05) is 17.5 Å². The molecule has 20 heavy (non-hydrogen) atoms. The van der Waals surface area contributed by atoms with Crippen LogP contribution in [0.1, 0.15) is 44.9 Å². The quantitative estimate of drug-likeness (QED) is 0.756. The summed E-state index contributed by atoms with van der Waals surface area (Å²) in [6, 6.07) is 12.2. The summed E-state index contributed by atoms with van der Waals surface area (Å²) < 4.78 is 0. The van der Waals surface area contributed by atoms with Gasteiger partial charge in [0.2, 0.25) is 0 Å². The SMILES string of the molecule is N#Cc1ccc(C(=O)CCCC(=O)c2cccs2)cc1. The number of nitrogens with zero attached hydrogens (tertiary/aromatic N) is 1. The van der Waals surface area contributed by atoms with E-state index in [9.17, 15) is 9.59 Å². The highest BCUT2D eigenvalue weighted by molar-refractivity contribution is 7.12. The molecule has 2 aromatic rings. The van der Waals surface area contributed by atoms with Gasteiger partial charge in [0, 0.05) is 18.4 Å². The third kappa shape index (κ3) is 3.62. The number of ketones is 2. The van der Waals surface area contributed by atoms with Crippen molar-refractivity contribution in [3.05, 3.63) is 57.8 Å². The van der Waals surface area contributed by atoms with Crippen molar-refractivity contribution >= 4 is 22.9 Å². The van der Waals surface area contributed by atoms with Crippen LogP contribution in [-0.2, 0) is 0 Å². The lowest BCUT2D eigenvalue weighted by atomic mass is 10.0. The second-order valence-corrected chi connectivity index (χ2v) is 5.31. The number of thiophene rings is 1. The molecule has 0 fully saturated rings. The van der Waals surface area contributed by atoms with Gasteiger partial charge < -0.3 is 0 Å². The van der Waals surface area contributed by atoms with Gasteiger partial charge >= 0.3 is 0 Å². The maximum atomic E-state index is 11.9. The molecule has 4 heteroatoms. The highest BCUT2D eigenvalue weighted by atomic mass is 32.1. The standard InChI is InChI=1S/C16H13NO2S/c17-11-12-6-8-13(9-7-12)14(18)3-1-4-15(19)16-5-2-10-20-16/h2,5-10H,1,3-4H2. The van der Waals surface area contributed by atoms with E-state index in [1.165, 1.54) is 11.3 Å². The van der Waals surface area contributed by atoms with Crippen molar-refractivity contribution < 1.29 is 9.59 Å². The lowest BCUT2D eigenvalue weighted by molar-refractivity contribution is 0.0959. The Morgan fingerprint density at radius 3 is 2.35 bits per heavy atom. The van der Waals surface area contributed by atoms with Gasteiger partial charge in [-0.15, -0.1) is 11.3 Å². The first-order chi connectivity index (χ1) is 9.70. The Balaban J connectivity index is 1.83. The van der Waals surface area contributed by atoms with Crippen molar-refractivity contribution in [1.29, 1.82) is 5.26 Å². The fraction of sp³-hybridized carbons (Fsp3) is 0.188. The van der Waals surface area contributed by atoms with Crippen LogP contribution in [0, 0.1) is 11.3 Å². The Morgan fingerprint density at radius 1 is 1.05 bits per heavy atom. The second kappa shape index (κ2) is 6.78. The summed E-state index contributed by atoms with van der Waals surface area (Å²) in [4.78, 5) is 24.4. The molecule has 1 aromatic carbocycles. The number of hydrogen-bond acceptors (Lipinski definition) is 4. The lowest BCUT2D eigenvalue weighted by Gasteiger charge is -2.01. The molecule has 0 spiro atoms. The summed E-state index contributed by atoms with van der Waals surface area (Å²) in [6.07, 6.45) is 1.29. The van der Waals surface area contributed by atoms with Gasteiger partial charge in [0.05, 0.1) is 16.5 Å². The molecule has 0 saturated carbocycles. The number of Topliss-reactive ketones (excluding diaryl/α,β-unsaturated/α-hetero) is 2. The van der Waals surface area contributed by atoms with Crippen molar-refractivity contribution in [3.8, 4) is 6.07 Å². The molecule has 0 bridgehead atoms. The van der Waals surface area contributed by atoms with Gasteiger partial charge in [-0.2, -0.15) is 5.26 Å². The number of benzene rings is 1. The van der Waals surface area contributed by atoms with E-state index in [0.29, 0.717) is 30.4 Å². The molecule has 0 aliphatic carbocycles. The molecule has 0 amide bonds. The first-order valence-corrected chi connectivity index (χ1v) is 7.19. The van der Waals surface area contributed by atoms with Crippen LogP contribution >= 0.6 is 11.3 Å². The molecule has 1 heterocycles. The Kier molecular flexibility index (Phi) is 4.80. The Hall–Kier alpha value is -2.25. The summed E-state index contributed by atoms with van der Waals surface area (Å²) >= 11 is 1.43. The summed E-state index contributed by atoms with van der Waals surface area (Å²) in [7, 11) is 0. The van der Waals surface area contributed by atoms with Gasteiger partial charge in [-0.05, 0) is 30.0 Å². The minimum Gasteiger partial charge on any atom is -0.294 e. The van der Waals surface area contributed by atoms with Crippen LogP contribution in [0.5, 0.6) is 0 Å². The predicted molar refractivity (Wildman–Crippen MR) is 78.0 cm³/mol. The molecule has 2 rings (SSSR count). The zero-order valence-electron chi connectivity index (χ0n) is 10.8. The largest absolute Gasteiger partial charge is 0.294 e. The van der Waals surface area contributed by atoms with Gasteiger partial charge in [-0.25, -0.2) is 0 Å². The maximum absolute atomic E-state index is 11.9. The molecule has 1 aromatic heterocycles. The maximum Gasteiger partial charge on any atom is 0.172 e. The number of nitriles is 1. The van der Waals surface area contributed by atoms with Crippen LogP contribution in [0.2, 0.25) is 0 Å². The van der Waals surface area contributed by atoms with Crippen LogP contribution < -0.4 is 0 Å². The highest BCUT2D eigenvalue weighted by Crippen LogP contribution is 2.14. The van der Waals surface area contributed by atoms with E-state index in [1.54, 1.807) is 30.3 Å². The molecule has 3 nitrogen and oxygen atoms in total. The zero-order valence-corrected chi connectivity index (χ0v) is 11.7. The van der Waals surface area contributed by atoms with Crippen molar-refractivity contribution in [2.45, 2.75) is 19.3 Å². The molecule has 0 radical (unpaired) electrons. The van der Waals surface area contributed by atoms with E-state index in [0.717, 1.165) is 4.88 Å². The third-order valence-electron chi connectivity index (χ3n) is 2.94. The van der Waals surface area contributed by atoms with Crippen LogP contribution in [-0.4, -0.2) is 11.6 Å². The Morgan fingerprint density at radius 2 is 1.75 bits per heavy atom. The number of carbonyl (C=O) groups excluding carboxylic acids is 2. The predicted octanol–water partition coefficient (Wildman–Crippen LogP) is 3.86. The number of hydrogen-bond donors (Lipinski definition) is 0. The molecular formula is C16H13NO2S. The Bertz CT molecular complexity index is 636. The summed E-state index contributed by atoms with van der Waals surface area (Å²) in [5, 5.41) is 10.6. The number of rotatable bonds is 6. The van der Waals surface area contributed by atoms with Crippen molar-refractivity contribution in [2.24, 2.45) is 0 Å². The molecule has 0 atom stereocenters. The fourth-order valence-electron chi connectivity index (χ4n) is 1.84. The zero-order chi connectivity index (χ0) is 14.4. The normalized spacial score (nSPS) is 9.95. The molecular weight excluding hydrogens is 270 g/mol. The molecule has 0 aliphatic heterocycles. The number of carbonyl (C=O) groups is 2. The third-order valence-corrected chi connectivity index (χ3v) is 3.85. The average molecular weight is 283 g/mol. The topological polar surface area (TPSA) is 57.9 Å². The van der Waals surface area contributed by atoms with E-state index >= 15 is 0 Å². The van der Waals surface area contributed by atoms with Crippen LogP contribution in [0.15, 0.2) is 41.8 Å². The minimum atomic E-state index is 0.00784. The van der Waals surface area contributed by atoms with Crippen LogP contribution in [0.3, 0.4) is 0 Å². The lowest BCUT2D eigenvalue weighted by Crippen LogP contribution is -2.02.